The Kier molecular flexibility index (Phi) is 55.1. The second-order valence-electron chi connectivity index (χ2n) is 37.6. The standard InChI is InChI=1S/C104H147FN16O29/c1-9-72-54-80(150-35-13-12-33-121-62-78(115-120-121)64-149-49-48-148-47-46-147-45-44-146-43-42-145-41-40-144-39-38-143-37-36-142-34-15-18-79(125)25-28-83(106)98(135)136)26-27-81(72)73-23-21-70(22-24-73)53-75(96(133)110-84(99(137)138)20-14-16-71-51-66(2)50-67(3)52-71)55-88(127)86(58-93(131)132)111-97(134)76(63-122)56-89(128)94(68(4)123)114-102(141)104(8,59-74-17-10-11-19-82(74)105)60-90(129)95(69(5)124)113-92(130)30-29-87(126)85(57-91-116-118-119-117-91)112-101(140)103(6,7)100(139)108-32-31-77-61-107-65-109-77/h10-11,17,19,21-24,26-27,50-52,54,61-62,65,68-69,75-76,83-86,94-95,122-124H,9,12-16,18,20,25,28-49,53,55-60,63-64,106H2,1-8H3,(H,107,109)(H,108,139)(H,110,133)(H,111,134)(H,112,140)(H,113,130)(H,114,141)(H,131,132)(H,135,136)(H,137,138)(H,116,117,118,119)/t68-,69-,75-,76+,83+,84+,85+,86+,94+,95+,104+/m1/s1. The van der Waals surface area contributed by atoms with E-state index in [9.17, 15) is 92.7 Å². The number of Topliss-reactive ketones (excluding diaryl/α,β-unsaturated/α-hetero) is 5. The first-order chi connectivity index (χ1) is 71.7. The quantitative estimate of drug-likeness (QED) is 0.0188. The first-order valence-corrected chi connectivity index (χ1v) is 50.4. The summed E-state index contributed by atoms with van der Waals surface area (Å²) in [5.41, 5.74) is 8.83. The van der Waals surface area contributed by atoms with E-state index >= 15 is 4.39 Å². The SMILES string of the molecule is CCc1cc(OCCCCn2cc(COCCOCCOCCOCCOCCOCCOCCOCCCC(=O)CC[C@H](N)C(=O)O)nn2)ccc1-c1ccc(C[C@H](CC(=O)[C@H](CC(=O)O)NC(=O)[C@H](CO)CC(=O)[C@@H](NC(=O)[C@](C)(CC(=O)[C@@H](NC(=O)CCC(=O)[C@H](Cc2nn[nH]n2)NC(=O)C(C)(C)C(=O)NCCc2cnc[nH]2)[C@@H](C)O)Cc2ccccc2F)[C@@H](C)O)C(=O)N[C@@H](CCCc2cc(C)cc(C)c2)C(=O)O)cc1. The molecule has 4 aromatic carbocycles. The molecule has 0 fully saturated rings. The molecule has 0 bridgehead atoms. The number of aliphatic hydroxyl groups excluding tert-OH is 3. The number of carboxylic acid groups (broad SMARTS) is 3. The van der Waals surface area contributed by atoms with Gasteiger partial charge in [0, 0.05) is 95.3 Å². The zero-order valence-corrected chi connectivity index (χ0v) is 86.5. The van der Waals surface area contributed by atoms with Crippen LogP contribution in [0.2, 0.25) is 0 Å². The molecule has 0 saturated heterocycles. The Bertz CT molecular complexity index is 5380. The molecule has 0 aliphatic rings. The van der Waals surface area contributed by atoms with Crippen molar-refractivity contribution in [3.63, 3.8) is 0 Å². The molecule has 3 aromatic heterocycles. The van der Waals surface area contributed by atoms with Crippen molar-refractivity contribution < 1.29 is 145 Å². The maximum Gasteiger partial charge on any atom is 0.326 e. The second kappa shape index (κ2) is 66.6. The number of nitrogens with one attached hydrogen (secondary N) is 8. The van der Waals surface area contributed by atoms with E-state index in [4.69, 9.17) is 53.5 Å². The summed E-state index contributed by atoms with van der Waals surface area (Å²) < 4.78 is 68.1. The number of carbonyl (C=O) groups excluding carboxylic acids is 11. The van der Waals surface area contributed by atoms with Gasteiger partial charge in [0.25, 0.3) is 0 Å². The molecule has 0 saturated carbocycles. The van der Waals surface area contributed by atoms with Crippen molar-refractivity contribution in [2.45, 2.75) is 245 Å². The van der Waals surface area contributed by atoms with Gasteiger partial charge < -0.3 is 116 Å². The molecule has 3 heterocycles. The summed E-state index contributed by atoms with van der Waals surface area (Å²) in [6.45, 7) is 18.0. The van der Waals surface area contributed by atoms with Crippen LogP contribution in [0.5, 0.6) is 5.75 Å². The zero-order chi connectivity index (χ0) is 110. The minimum atomic E-state index is -2.13. The highest BCUT2D eigenvalue weighted by atomic mass is 19.1. The minimum absolute atomic E-state index is 0.0219. The summed E-state index contributed by atoms with van der Waals surface area (Å²) in [4.78, 5) is 198. The molecule has 0 aliphatic carbocycles. The Morgan fingerprint density at radius 1 is 0.547 bits per heavy atom. The number of hydrogen-bond donors (Lipinski definition) is 15. The Labute approximate surface area is 870 Å². The number of carboxylic acids is 3. The van der Waals surface area contributed by atoms with Crippen LogP contribution in [0.15, 0.2) is 104 Å². The molecule has 46 heteroatoms. The Balaban J connectivity index is 0.885. The van der Waals surface area contributed by atoms with Crippen LogP contribution in [-0.2, 0) is 157 Å². The number of aryl methyl sites for hydroxylation is 5. The molecule has 150 heavy (non-hydrogen) atoms. The van der Waals surface area contributed by atoms with Crippen LogP contribution in [0.4, 0.5) is 4.39 Å². The molecule has 45 nitrogen and oxygen atoms in total. The van der Waals surface area contributed by atoms with Crippen LogP contribution in [0.1, 0.15) is 182 Å². The summed E-state index contributed by atoms with van der Waals surface area (Å²) in [6, 6.07) is 14.2. The highest BCUT2D eigenvalue weighted by Crippen LogP contribution is 2.33. The maximum absolute atomic E-state index is 15.7. The molecule has 0 aliphatic heterocycles. The van der Waals surface area contributed by atoms with E-state index in [1.54, 1.807) is 23.0 Å². The number of aliphatic hydroxyl groups is 3. The minimum Gasteiger partial charge on any atom is -0.494 e. The van der Waals surface area contributed by atoms with E-state index < -0.39 is 205 Å². The molecule has 16 N–H and O–H groups in total. The number of ketones is 5. The fourth-order valence-corrected chi connectivity index (χ4v) is 16.1. The first-order valence-electron chi connectivity index (χ1n) is 50.4. The number of tetrazole rings is 1. The van der Waals surface area contributed by atoms with E-state index in [0.717, 1.165) is 65.4 Å². The van der Waals surface area contributed by atoms with Gasteiger partial charge in [0.1, 0.15) is 52.6 Å². The molecule has 0 radical (unpaired) electrons. The maximum atomic E-state index is 15.7. The van der Waals surface area contributed by atoms with Gasteiger partial charge in [-0.3, -0.25) is 67.0 Å². The molecule has 6 amide bonds. The van der Waals surface area contributed by atoms with Crippen LogP contribution in [0, 0.1) is 42.3 Å². The number of aliphatic carboxylic acids is 3. The van der Waals surface area contributed by atoms with Crippen LogP contribution in [-0.4, -0.2) is 326 Å². The van der Waals surface area contributed by atoms with Crippen molar-refractivity contribution in [1.82, 2.24) is 77.5 Å². The number of carbonyl (C=O) groups is 14. The van der Waals surface area contributed by atoms with Crippen LogP contribution < -0.4 is 42.4 Å². The molecule has 7 aromatic rings. The Morgan fingerprint density at radius 3 is 1.73 bits per heavy atom. The number of halogens is 1. The number of aromatic nitrogens is 9. The van der Waals surface area contributed by atoms with Crippen molar-refractivity contribution in [2.24, 2.45) is 28.4 Å². The highest BCUT2D eigenvalue weighted by molar-refractivity contribution is 6.06. The van der Waals surface area contributed by atoms with Crippen molar-refractivity contribution in [1.29, 1.82) is 0 Å². The third-order valence-electron chi connectivity index (χ3n) is 24.6. The predicted molar refractivity (Wildman–Crippen MR) is 538 cm³/mol. The summed E-state index contributed by atoms with van der Waals surface area (Å²) in [7, 11) is 0. The van der Waals surface area contributed by atoms with Gasteiger partial charge in [-0.15, -0.1) is 15.3 Å². The van der Waals surface area contributed by atoms with Crippen LogP contribution in [0.25, 0.3) is 11.1 Å². The number of unbranched alkanes of at least 4 members (excludes halogenated alkanes) is 1. The van der Waals surface area contributed by atoms with E-state index in [2.05, 4.69) is 72.8 Å². The lowest BCUT2D eigenvalue weighted by atomic mass is 9.76. The fourth-order valence-electron chi connectivity index (χ4n) is 16.1. The molecule has 824 valence electrons. The van der Waals surface area contributed by atoms with Crippen LogP contribution in [0.3, 0.4) is 0 Å². The number of nitrogens with zero attached hydrogens (tertiary/aromatic N) is 7. The van der Waals surface area contributed by atoms with E-state index in [1.807, 2.05) is 75.5 Å². The van der Waals surface area contributed by atoms with Crippen molar-refractivity contribution in [2.75, 3.05) is 119 Å². The van der Waals surface area contributed by atoms with Gasteiger partial charge >= 0.3 is 17.9 Å². The number of hydrogen-bond acceptors (Lipinski definition) is 33. The monoisotopic (exact) mass is 2100 g/mol. The number of H-pyrrole nitrogens is 2. The summed E-state index contributed by atoms with van der Waals surface area (Å²) >= 11 is 0. The second-order valence-corrected chi connectivity index (χ2v) is 37.6. The number of ether oxygens (including phenoxy) is 9. The molecule has 0 spiro atoms. The smallest absolute Gasteiger partial charge is 0.326 e. The van der Waals surface area contributed by atoms with Gasteiger partial charge in [0.05, 0.1) is 167 Å². The molecular formula is C104H147FN16O29. The number of nitrogens with two attached hydrogens (primary N) is 1. The van der Waals surface area contributed by atoms with Crippen LogP contribution >= 0.6 is 0 Å². The van der Waals surface area contributed by atoms with Gasteiger partial charge in [0.15, 0.2) is 29.0 Å². The Hall–Kier alpha value is -12.9. The van der Waals surface area contributed by atoms with Gasteiger partial charge in [-0.05, 0) is 157 Å². The predicted octanol–water partition coefficient (Wildman–Crippen LogP) is 4.17. The van der Waals surface area contributed by atoms with E-state index in [0.29, 0.717) is 174 Å². The Morgan fingerprint density at radius 2 is 1.15 bits per heavy atom. The number of aromatic amines is 2. The third kappa shape index (κ3) is 45.5. The molecule has 0 unspecified atom stereocenters. The van der Waals surface area contributed by atoms with Crippen molar-refractivity contribution in [3.8, 4) is 16.9 Å². The van der Waals surface area contributed by atoms with E-state index in [-0.39, 0.29) is 62.4 Å². The summed E-state index contributed by atoms with van der Waals surface area (Å²) in [5.74, 6) is -17.4. The lowest BCUT2D eigenvalue weighted by Crippen LogP contribution is -2.55. The largest absolute Gasteiger partial charge is 0.494 e. The molecule has 11 atom stereocenters. The number of benzene rings is 4. The van der Waals surface area contributed by atoms with Crippen molar-refractivity contribution in [3.05, 3.63) is 160 Å². The lowest BCUT2D eigenvalue weighted by molar-refractivity contribution is -0.144. The van der Waals surface area contributed by atoms with Gasteiger partial charge in [-0.25, -0.2) is 14.2 Å². The first kappa shape index (κ1) is 124. The normalized spacial score (nSPS) is 14.0. The summed E-state index contributed by atoms with van der Waals surface area (Å²) in [6.07, 6.45) is -0.648. The van der Waals surface area contributed by atoms with Gasteiger partial charge in [-0.2, -0.15) is 5.21 Å². The van der Waals surface area contributed by atoms with Gasteiger partial charge in [-0.1, -0.05) is 102 Å². The zero-order valence-electron chi connectivity index (χ0n) is 86.5. The van der Waals surface area contributed by atoms with Crippen molar-refractivity contribution >= 4 is 82.3 Å². The topological polar surface area (TPSA) is 655 Å². The summed E-state index contributed by atoms with van der Waals surface area (Å²) in [5, 5.41) is 99.6. The highest BCUT2D eigenvalue weighted by Gasteiger charge is 2.44. The average molecular weight is 2100 g/mol. The fraction of sp³-hybridized carbons (Fsp3) is 0.577. The number of imidazole rings is 1. The third-order valence-corrected chi connectivity index (χ3v) is 24.6. The van der Waals surface area contributed by atoms with E-state index in [1.165, 1.54) is 45.3 Å². The molecular weight excluding hydrogens is 1960 g/mol. The number of rotatable bonds is 81. The average Bonchev–Trinajstić information content (AvgIpc) is 0.979. The van der Waals surface area contributed by atoms with Gasteiger partial charge in [0.2, 0.25) is 35.4 Å². The number of amides is 6. The lowest BCUT2D eigenvalue weighted by Gasteiger charge is -2.33. The molecule has 7 rings (SSSR count).